The van der Waals surface area contributed by atoms with E-state index in [1.54, 1.807) is 12.1 Å². The Bertz CT molecular complexity index is 638. The van der Waals surface area contributed by atoms with Crippen LogP contribution in [0.4, 0.5) is 4.39 Å². The molecule has 2 amide bonds. The van der Waals surface area contributed by atoms with E-state index in [9.17, 15) is 18.8 Å². The highest BCUT2D eigenvalue weighted by atomic mass is 19.1. The molecule has 0 saturated heterocycles. The van der Waals surface area contributed by atoms with Gasteiger partial charge in [-0.2, -0.15) is 0 Å². The number of hydrogen-bond acceptors (Lipinski definition) is 4. The van der Waals surface area contributed by atoms with Crippen LogP contribution in [0.2, 0.25) is 0 Å². The largest absolute Gasteiger partial charge is 0.339 e. The maximum absolute atomic E-state index is 13.1. The molecule has 1 aromatic carbocycles. The summed E-state index contributed by atoms with van der Waals surface area (Å²) in [4.78, 5) is 41.0. The maximum atomic E-state index is 13.1. The van der Waals surface area contributed by atoms with E-state index in [1.165, 1.54) is 12.1 Å². The number of carbonyl (C=O) groups excluding carboxylic acids is 3. The molecule has 1 aliphatic heterocycles. The zero-order chi connectivity index (χ0) is 14.1. The first-order chi connectivity index (χ1) is 9.54. The van der Waals surface area contributed by atoms with E-state index in [-0.39, 0.29) is 23.5 Å². The Hall–Kier alpha value is -2.24. The number of hydrogen-bond donors (Lipinski definition) is 0. The maximum Gasteiger partial charge on any atom is 0.339 e. The van der Waals surface area contributed by atoms with Crippen LogP contribution in [0.5, 0.6) is 0 Å². The molecular weight excluding hydrogens is 265 g/mol. The van der Waals surface area contributed by atoms with Gasteiger partial charge in [0, 0.05) is 5.92 Å². The van der Waals surface area contributed by atoms with Gasteiger partial charge in [-0.1, -0.05) is 17.2 Å². The van der Waals surface area contributed by atoms with Crippen molar-refractivity contribution in [3.63, 3.8) is 0 Å². The summed E-state index contributed by atoms with van der Waals surface area (Å²) >= 11 is 0. The summed E-state index contributed by atoms with van der Waals surface area (Å²) in [6.07, 6.45) is -0.403. The Labute approximate surface area is 113 Å². The third kappa shape index (κ3) is 1.23. The lowest BCUT2D eigenvalue weighted by Crippen LogP contribution is -2.41. The molecule has 0 spiro atoms. The average Bonchev–Trinajstić information content (AvgIpc) is 3.02. The fourth-order valence-corrected chi connectivity index (χ4v) is 3.11. The number of carbonyl (C=O) groups is 3. The Morgan fingerprint density at radius 2 is 1.80 bits per heavy atom. The fourth-order valence-electron chi connectivity index (χ4n) is 3.11. The molecule has 0 unspecified atom stereocenters. The van der Waals surface area contributed by atoms with Crippen molar-refractivity contribution < 1.29 is 23.6 Å². The predicted octanol–water partition coefficient (Wildman–Crippen LogP) is 1.49. The molecule has 0 aromatic heterocycles. The topological polar surface area (TPSA) is 63.7 Å². The van der Waals surface area contributed by atoms with Gasteiger partial charge in [-0.3, -0.25) is 9.59 Å². The van der Waals surface area contributed by atoms with E-state index in [0.717, 1.165) is 0 Å². The molecule has 2 aliphatic carbocycles. The molecule has 0 N–H and O–H groups in total. The first kappa shape index (κ1) is 11.6. The van der Waals surface area contributed by atoms with Gasteiger partial charge in [0.25, 0.3) is 11.8 Å². The van der Waals surface area contributed by atoms with Crippen molar-refractivity contribution in [3.05, 3.63) is 35.4 Å². The lowest BCUT2D eigenvalue weighted by Gasteiger charge is -2.27. The van der Waals surface area contributed by atoms with Gasteiger partial charge in [0.05, 0.1) is 16.5 Å². The summed E-state index contributed by atoms with van der Waals surface area (Å²) in [5, 5.41) is 0.489. The monoisotopic (exact) mass is 275 g/mol. The highest BCUT2D eigenvalue weighted by Gasteiger charge is 2.74. The van der Waals surface area contributed by atoms with Crippen LogP contribution in [0.1, 0.15) is 33.6 Å². The van der Waals surface area contributed by atoms with Gasteiger partial charge in [-0.15, -0.1) is 0 Å². The number of alkyl halides is 1. The first-order valence-electron chi connectivity index (χ1n) is 6.39. The summed E-state index contributed by atoms with van der Waals surface area (Å²) in [5.41, 5.74) is -0.367. The Kier molecular flexibility index (Phi) is 1.99. The van der Waals surface area contributed by atoms with Gasteiger partial charge in [0.1, 0.15) is 6.17 Å². The number of nitrogens with zero attached hydrogens (tertiary/aromatic N) is 1. The minimum atomic E-state index is -0.968. The number of benzene rings is 1. The van der Waals surface area contributed by atoms with Crippen molar-refractivity contribution in [3.8, 4) is 0 Å². The summed E-state index contributed by atoms with van der Waals surface area (Å²) in [7, 11) is 0. The summed E-state index contributed by atoms with van der Waals surface area (Å²) < 4.78 is 13.1. The molecule has 6 heteroatoms. The van der Waals surface area contributed by atoms with Crippen LogP contribution in [0.25, 0.3) is 0 Å². The van der Waals surface area contributed by atoms with Gasteiger partial charge in [0.2, 0.25) is 0 Å². The zero-order valence-corrected chi connectivity index (χ0v) is 10.3. The quantitative estimate of drug-likeness (QED) is 0.767. The number of fused-ring (bicyclic) bond motifs is 2. The van der Waals surface area contributed by atoms with Crippen LogP contribution in [-0.2, 0) is 9.63 Å². The van der Waals surface area contributed by atoms with Crippen molar-refractivity contribution >= 4 is 17.8 Å². The van der Waals surface area contributed by atoms with Gasteiger partial charge in [-0.05, 0) is 25.0 Å². The van der Waals surface area contributed by atoms with E-state index in [0.29, 0.717) is 11.5 Å². The smallest absolute Gasteiger partial charge is 0.329 e. The van der Waals surface area contributed by atoms with Crippen molar-refractivity contribution in [2.75, 3.05) is 0 Å². The van der Waals surface area contributed by atoms with E-state index in [2.05, 4.69) is 0 Å². The van der Waals surface area contributed by atoms with Gasteiger partial charge in [0.15, 0.2) is 0 Å². The van der Waals surface area contributed by atoms with Gasteiger partial charge < -0.3 is 4.84 Å². The predicted molar refractivity (Wildman–Crippen MR) is 63.1 cm³/mol. The lowest BCUT2D eigenvalue weighted by molar-refractivity contribution is -0.181. The van der Waals surface area contributed by atoms with Crippen molar-refractivity contribution in [2.45, 2.75) is 19.0 Å². The third-order valence-corrected chi connectivity index (χ3v) is 4.47. The summed E-state index contributed by atoms with van der Waals surface area (Å²) in [5.74, 6) is -2.27. The highest BCUT2D eigenvalue weighted by Crippen LogP contribution is 2.69. The second-order valence-electron chi connectivity index (χ2n) is 5.52. The average molecular weight is 275 g/mol. The molecule has 0 bridgehead atoms. The normalized spacial score (nSPS) is 33.4. The number of imide groups is 1. The van der Waals surface area contributed by atoms with Crippen LogP contribution < -0.4 is 0 Å². The standard InChI is InChI=1S/C14H10FNO4/c15-10-6-14(5-9(10)14)13(19)20-16-11(17)7-3-1-2-4-8(7)12(16)18/h1-4,9-10H,5-6H2/t9-,10+,14-/m0/s1. The van der Waals surface area contributed by atoms with Crippen LogP contribution in [-0.4, -0.2) is 29.0 Å². The second-order valence-corrected chi connectivity index (χ2v) is 5.52. The molecule has 102 valence electrons. The van der Waals surface area contributed by atoms with E-state index < -0.39 is 29.4 Å². The molecule has 3 aliphatic rings. The Balaban J connectivity index is 1.56. The van der Waals surface area contributed by atoms with Crippen LogP contribution >= 0.6 is 0 Å². The van der Waals surface area contributed by atoms with E-state index in [1.807, 2.05) is 0 Å². The number of amides is 2. The molecule has 2 saturated carbocycles. The molecule has 0 radical (unpaired) electrons. The molecule has 1 aromatic rings. The SMILES string of the molecule is O=C1c2ccccc2C(=O)N1OC(=O)[C@@]12C[C@@H](F)[C@@H]1C2. The minimum absolute atomic E-state index is 0.125. The molecule has 20 heavy (non-hydrogen) atoms. The van der Waals surface area contributed by atoms with Gasteiger partial charge in [-0.25, -0.2) is 9.18 Å². The molecule has 5 nitrogen and oxygen atoms in total. The lowest BCUT2D eigenvalue weighted by atomic mass is 9.83. The zero-order valence-electron chi connectivity index (χ0n) is 10.3. The van der Waals surface area contributed by atoms with E-state index in [4.69, 9.17) is 4.84 Å². The van der Waals surface area contributed by atoms with Gasteiger partial charge >= 0.3 is 5.97 Å². The first-order valence-corrected chi connectivity index (χ1v) is 6.39. The number of rotatable bonds is 2. The molecule has 3 atom stereocenters. The molecule has 4 rings (SSSR count). The third-order valence-electron chi connectivity index (χ3n) is 4.47. The molecule has 2 fully saturated rings. The van der Waals surface area contributed by atoms with Crippen LogP contribution in [0, 0.1) is 11.3 Å². The Morgan fingerprint density at radius 1 is 1.20 bits per heavy atom. The van der Waals surface area contributed by atoms with Crippen molar-refractivity contribution in [1.82, 2.24) is 5.06 Å². The van der Waals surface area contributed by atoms with Crippen molar-refractivity contribution in [1.29, 1.82) is 0 Å². The second kappa shape index (κ2) is 3.45. The van der Waals surface area contributed by atoms with E-state index >= 15 is 0 Å². The highest BCUT2D eigenvalue weighted by molar-refractivity contribution is 6.21. The van der Waals surface area contributed by atoms with Crippen molar-refractivity contribution in [2.24, 2.45) is 11.3 Å². The summed E-state index contributed by atoms with van der Waals surface area (Å²) in [6, 6.07) is 6.26. The fraction of sp³-hybridized carbons (Fsp3) is 0.357. The number of hydroxylamine groups is 2. The Morgan fingerprint density at radius 3 is 2.25 bits per heavy atom. The molecular formula is C14H10FNO4. The summed E-state index contributed by atoms with van der Waals surface area (Å²) in [6.45, 7) is 0. The minimum Gasteiger partial charge on any atom is -0.329 e. The number of halogens is 1. The molecule has 1 heterocycles. The van der Waals surface area contributed by atoms with Crippen LogP contribution in [0.15, 0.2) is 24.3 Å². The van der Waals surface area contributed by atoms with Crippen LogP contribution in [0.3, 0.4) is 0 Å².